The maximum Gasteiger partial charge on any atom is 0.330 e. The van der Waals surface area contributed by atoms with Gasteiger partial charge in [0.25, 0.3) is 0 Å². The van der Waals surface area contributed by atoms with Crippen molar-refractivity contribution < 1.29 is 9.53 Å². The fourth-order valence-corrected chi connectivity index (χ4v) is 2.95. The van der Waals surface area contributed by atoms with E-state index in [1.165, 1.54) is 96.0 Å². The van der Waals surface area contributed by atoms with Crippen LogP contribution in [0, 0.1) is 0 Å². The van der Waals surface area contributed by atoms with Gasteiger partial charge in [-0.3, -0.25) is 0 Å². The number of rotatable bonds is 19. The Morgan fingerprint density at radius 1 is 0.720 bits per heavy atom. The molecule has 2 heteroatoms. The molecular weight excluding hydrogens is 308 g/mol. The van der Waals surface area contributed by atoms with E-state index in [1.54, 1.807) is 0 Å². The van der Waals surface area contributed by atoms with Crippen LogP contribution in [0.3, 0.4) is 0 Å². The fourth-order valence-electron chi connectivity index (χ4n) is 2.95. The lowest BCUT2D eigenvalue weighted by Gasteiger charge is -2.02. The molecule has 0 bridgehead atoms. The Hall–Kier alpha value is -1.05. The van der Waals surface area contributed by atoms with Gasteiger partial charge in [0.15, 0.2) is 0 Å². The van der Waals surface area contributed by atoms with E-state index in [-0.39, 0.29) is 5.97 Å². The van der Waals surface area contributed by atoms with Crippen LogP contribution in [0.15, 0.2) is 24.8 Å². The highest BCUT2D eigenvalue weighted by Gasteiger charge is 1.94. The van der Waals surface area contributed by atoms with Crippen LogP contribution in [0.1, 0.15) is 110 Å². The van der Waals surface area contributed by atoms with Crippen molar-refractivity contribution in [3.63, 3.8) is 0 Å². The molecule has 0 aliphatic rings. The van der Waals surface area contributed by atoms with E-state index in [0.29, 0.717) is 6.61 Å². The number of ether oxygens (including phenoxy) is 1. The van der Waals surface area contributed by atoms with Crippen molar-refractivity contribution in [2.24, 2.45) is 0 Å². The van der Waals surface area contributed by atoms with Gasteiger partial charge in [-0.2, -0.15) is 0 Å². The normalized spacial score (nSPS) is 11.1. The van der Waals surface area contributed by atoms with Crippen LogP contribution in [0.25, 0.3) is 0 Å². The number of unbranched alkanes of at least 4 members (excludes halogenated alkanes) is 14. The van der Waals surface area contributed by atoms with Crippen LogP contribution < -0.4 is 0 Å². The highest BCUT2D eigenvalue weighted by molar-refractivity contribution is 5.81. The number of allylic oxidation sites excluding steroid dienone is 2. The zero-order valence-corrected chi connectivity index (χ0v) is 16.8. The third kappa shape index (κ3) is 20.9. The molecule has 0 rings (SSSR count). The van der Waals surface area contributed by atoms with Gasteiger partial charge in [0.05, 0.1) is 6.61 Å². The average Bonchev–Trinajstić information content (AvgIpc) is 2.63. The number of hydrogen-bond acceptors (Lipinski definition) is 2. The lowest BCUT2D eigenvalue weighted by Crippen LogP contribution is -2.00. The molecule has 2 nitrogen and oxygen atoms in total. The largest absolute Gasteiger partial charge is 0.463 e. The van der Waals surface area contributed by atoms with Gasteiger partial charge in [-0.05, 0) is 25.7 Å². The lowest BCUT2D eigenvalue weighted by molar-refractivity contribution is -0.137. The topological polar surface area (TPSA) is 26.3 Å². The number of carbonyl (C=O) groups excluding carboxylic acids is 1. The third-order valence-corrected chi connectivity index (χ3v) is 4.57. The average molecular weight is 351 g/mol. The summed E-state index contributed by atoms with van der Waals surface area (Å²) in [4.78, 5) is 10.8. The van der Waals surface area contributed by atoms with Crippen LogP contribution in [-0.4, -0.2) is 12.6 Å². The van der Waals surface area contributed by atoms with E-state index in [0.717, 1.165) is 12.8 Å². The van der Waals surface area contributed by atoms with E-state index < -0.39 is 0 Å². The van der Waals surface area contributed by atoms with E-state index in [9.17, 15) is 4.79 Å². The quantitative estimate of drug-likeness (QED) is 0.104. The predicted octanol–water partition coefficient (Wildman–Crippen LogP) is 7.53. The van der Waals surface area contributed by atoms with Crippen LogP contribution in [0.2, 0.25) is 0 Å². The van der Waals surface area contributed by atoms with Gasteiger partial charge in [0.2, 0.25) is 0 Å². The van der Waals surface area contributed by atoms with E-state index in [2.05, 4.69) is 25.7 Å². The second-order valence-corrected chi connectivity index (χ2v) is 7.02. The summed E-state index contributed by atoms with van der Waals surface area (Å²) >= 11 is 0. The van der Waals surface area contributed by atoms with Crippen molar-refractivity contribution in [3.05, 3.63) is 24.8 Å². The highest BCUT2D eigenvalue weighted by Crippen LogP contribution is 2.13. The molecule has 146 valence electrons. The molecule has 0 saturated heterocycles. The van der Waals surface area contributed by atoms with E-state index >= 15 is 0 Å². The molecule has 0 N–H and O–H groups in total. The highest BCUT2D eigenvalue weighted by atomic mass is 16.5. The van der Waals surface area contributed by atoms with E-state index in [1.807, 2.05) is 0 Å². The first-order chi connectivity index (χ1) is 12.3. The van der Waals surface area contributed by atoms with E-state index in [4.69, 9.17) is 4.74 Å². The predicted molar refractivity (Wildman–Crippen MR) is 110 cm³/mol. The zero-order valence-electron chi connectivity index (χ0n) is 16.8. The Bertz CT molecular complexity index is 320. The first-order valence-electron chi connectivity index (χ1n) is 10.8. The maximum atomic E-state index is 10.8. The van der Waals surface area contributed by atoms with Crippen LogP contribution in [0.5, 0.6) is 0 Å². The summed E-state index contributed by atoms with van der Waals surface area (Å²) < 4.78 is 4.93. The molecule has 0 aliphatic heterocycles. The number of hydrogen-bond donors (Lipinski definition) is 0. The van der Waals surface area contributed by atoms with Crippen molar-refractivity contribution in [1.82, 2.24) is 0 Å². The number of esters is 1. The fraction of sp³-hybridized carbons (Fsp3) is 0.783. The monoisotopic (exact) mass is 350 g/mol. The third-order valence-electron chi connectivity index (χ3n) is 4.57. The van der Waals surface area contributed by atoms with Gasteiger partial charge in [0, 0.05) is 6.08 Å². The van der Waals surface area contributed by atoms with Crippen molar-refractivity contribution in [3.8, 4) is 0 Å². The summed E-state index contributed by atoms with van der Waals surface area (Å²) in [6, 6.07) is 0. The summed E-state index contributed by atoms with van der Waals surface area (Å²) in [5.74, 6) is -0.323. The van der Waals surface area contributed by atoms with Gasteiger partial charge in [-0.25, -0.2) is 4.79 Å². The maximum absolute atomic E-state index is 10.8. The Balaban J connectivity index is 3.10. The van der Waals surface area contributed by atoms with Crippen LogP contribution >= 0.6 is 0 Å². The second-order valence-electron chi connectivity index (χ2n) is 7.02. The molecule has 0 aromatic rings. The summed E-state index contributed by atoms with van der Waals surface area (Å²) in [5, 5.41) is 0. The molecule has 0 amide bonds. The first kappa shape index (κ1) is 23.9. The van der Waals surface area contributed by atoms with Crippen molar-refractivity contribution in [1.29, 1.82) is 0 Å². The summed E-state index contributed by atoms with van der Waals surface area (Å²) in [6.07, 6.45) is 27.1. The molecule has 0 spiro atoms. The smallest absolute Gasteiger partial charge is 0.330 e. The molecule has 0 saturated carbocycles. The molecule has 0 unspecified atom stereocenters. The van der Waals surface area contributed by atoms with Crippen molar-refractivity contribution in [2.75, 3.05) is 6.61 Å². The van der Waals surface area contributed by atoms with Crippen molar-refractivity contribution >= 4 is 5.97 Å². The zero-order chi connectivity index (χ0) is 18.4. The van der Waals surface area contributed by atoms with Gasteiger partial charge < -0.3 is 4.74 Å². The van der Waals surface area contributed by atoms with Crippen LogP contribution in [-0.2, 0) is 9.53 Å². The van der Waals surface area contributed by atoms with Gasteiger partial charge in [0.1, 0.15) is 0 Å². The SMILES string of the molecule is C=CC(=O)OCCC/C=C/CCCCCCCCCCCCCCC. The minimum Gasteiger partial charge on any atom is -0.463 e. The lowest BCUT2D eigenvalue weighted by atomic mass is 10.0. The Labute approximate surface area is 157 Å². The standard InChI is InChI=1S/C23H42O2/c1-3-5-6-7-8-9-10-11-12-13-14-15-16-17-18-19-20-21-22-25-23(24)4-2/h4,18-19H,2-3,5-17,20-22H2,1H3/b19-18+. The second kappa shape index (κ2) is 21.0. The minimum atomic E-state index is -0.323. The van der Waals surface area contributed by atoms with Crippen LogP contribution in [0.4, 0.5) is 0 Å². The molecular formula is C23H42O2. The molecule has 0 fully saturated rings. The Morgan fingerprint density at radius 2 is 1.16 bits per heavy atom. The number of carbonyl (C=O) groups is 1. The molecule has 0 aromatic carbocycles. The summed E-state index contributed by atoms with van der Waals surface area (Å²) in [6.45, 7) is 6.15. The molecule has 0 aromatic heterocycles. The molecule has 0 atom stereocenters. The summed E-state index contributed by atoms with van der Waals surface area (Å²) in [5.41, 5.74) is 0. The van der Waals surface area contributed by atoms with Gasteiger partial charge in [-0.1, -0.05) is 103 Å². The van der Waals surface area contributed by atoms with Gasteiger partial charge in [-0.15, -0.1) is 0 Å². The minimum absolute atomic E-state index is 0.323. The molecule has 0 heterocycles. The Morgan fingerprint density at radius 3 is 1.64 bits per heavy atom. The Kier molecular flexibility index (Phi) is 20.1. The molecule has 0 radical (unpaired) electrons. The summed E-state index contributed by atoms with van der Waals surface area (Å²) in [7, 11) is 0. The van der Waals surface area contributed by atoms with Gasteiger partial charge >= 0.3 is 5.97 Å². The van der Waals surface area contributed by atoms with Crippen molar-refractivity contribution in [2.45, 2.75) is 110 Å². The molecule has 0 aliphatic carbocycles. The first-order valence-corrected chi connectivity index (χ1v) is 10.8. The molecule has 25 heavy (non-hydrogen) atoms.